The van der Waals surface area contributed by atoms with E-state index in [-0.39, 0.29) is 18.3 Å². The number of morpholine rings is 1. The molecule has 6 heteroatoms. The minimum absolute atomic E-state index is 0.0609. The largest absolute Gasteiger partial charge is 0.504 e. The molecular weight excluding hydrogens is 260 g/mol. The second kappa shape index (κ2) is 6.56. The lowest BCUT2D eigenvalue weighted by Crippen LogP contribution is -2.41. The standard InChI is InChI=1S/C14H20N2O4/c1-11-14(12(17)3-5-15(11)2)20-8-4-13(18)16-6-9-19-10-7-16/h3,5H,4,6-10H2,1-2H3/p+1. The number of carbonyl (C=O) groups is 1. The van der Waals surface area contributed by atoms with Crippen molar-refractivity contribution in [2.45, 2.75) is 13.3 Å². The molecular formula is C14H21N2O4+. The monoisotopic (exact) mass is 281 g/mol. The van der Waals surface area contributed by atoms with Gasteiger partial charge < -0.3 is 19.5 Å². The van der Waals surface area contributed by atoms with Crippen LogP contribution in [0.2, 0.25) is 0 Å². The lowest BCUT2D eigenvalue weighted by atomic mass is 10.3. The van der Waals surface area contributed by atoms with Gasteiger partial charge >= 0.3 is 0 Å². The van der Waals surface area contributed by atoms with Gasteiger partial charge in [-0.3, -0.25) is 4.79 Å². The molecule has 1 fully saturated rings. The molecule has 20 heavy (non-hydrogen) atoms. The van der Waals surface area contributed by atoms with Crippen LogP contribution in [0.25, 0.3) is 0 Å². The maximum Gasteiger partial charge on any atom is 0.228 e. The van der Waals surface area contributed by atoms with E-state index in [0.29, 0.717) is 38.5 Å². The van der Waals surface area contributed by atoms with Gasteiger partial charge in [-0.05, 0) is 0 Å². The lowest BCUT2D eigenvalue weighted by Gasteiger charge is -2.26. The molecule has 0 aliphatic carbocycles. The molecule has 110 valence electrons. The third-order valence-electron chi connectivity index (χ3n) is 3.47. The summed E-state index contributed by atoms with van der Waals surface area (Å²) in [5.74, 6) is 0.593. The minimum Gasteiger partial charge on any atom is -0.504 e. The van der Waals surface area contributed by atoms with E-state index in [2.05, 4.69) is 0 Å². The van der Waals surface area contributed by atoms with Crippen molar-refractivity contribution in [3.63, 3.8) is 0 Å². The number of amides is 1. The first kappa shape index (κ1) is 14.6. The molecule has 0 aromatic carbocycles. The van der Waals surface area contributed by atoms with Crippen molar-refractivity contribution in [3.05, 3.63) is 18.0 Å². The van der Waals surface area contributed by atoms with Crippen molar-refractivity contribution >= 4 is 5.91 Å². The number of aryl methyl sites for hydroxylation is 1. The Balaban J connectivity index is 1.86. The van der Waals surface area contributed by atoms with Crippen LogP contribution in [0.1, 0.15) is 12.1 Å². The fraction of sp³-hybridized carbons (Fsp3) is 0.571. The SMILES string of the molecule is Cc1c(OCCC(=O)N2CCOCC2)c(O)cc[n+]1C. The molecule has 2 rings (SSSR count). The first-order valence-electron chi connectivity index (χ1n) is 6.76. The number of rotatable bonds is 4. The van der Waals surface area contributed by atoms with Gasteiger partial charge in [0.05, 0.1) is 26.2 Å². The zero-order valence-electron chi connectivity index (χ0n) is 12.0. The van der Waals surface area contributed by atoms with E-state index in [9.17, 15) is 9.90 Å². The molecule has 0 spiro atoms. The first-order valence-corrected chi connectivity index (χ1v) is 6.76. The van der Waals surface area contributed by atoms with Gasteiger partial charge in [0, 0.05) is 26.1 Å². The summed E-state index contributed by atoms with van der Waals surface area (Å²) in [5.41, 5.74) is 0.823. The summed E-state index contributed by atoms with van der Waals surface area (Å²) in [4.78, 5) is 13.7. The van der Waals surface area contributed by atoms with Gasteiger partial charge in [0.1, 0.15) is 7.05 Å². The minimum atomic E-state index is 0.0609. The zero-order valence-corrected chi connectivity index (χ0v) is 12.0. The summed E-state index contributed by atoms with van der Waals surface area (Å²) in [6.07, 6.45) is 2.06. The molecule has 1 N–H and O–H groups in total. The number of aromatic hydroxyl groups is 1. The van der Waals surface area contributed by atoms with Crippen LogP contribution in [-0.2, 0) is 16.6 Å². The van der Waals surface area contributed by atoms with E-state index in [1.807, 2.05) is 18.5 Å². The first-order chi connectivity index (χ1) is 9.59. The van der Waals surface area contributed by atoms with Gasteiger partial charge in [-0.2, -0.15) is 0 Å². The van der Waals surface area contributed by atoms with Crippen LogP contribution in [0, 0.1) is 6.92 Å². The number of hydrogen-bond acceptors (Lipinski definition) is 4. The number of ether oxygens (including phenoxy) is 2. The molecule has 0 bridgehead atoms. The average molecular weight is 281 g/mol. The smallest absolute Gasteiger partial charge is 0.228 e. The Morgan fingerprint density at radius 1 is 1.50 bits per heavy atom. The second-order valence-electron chi connectivity index (χ2n) is 4.82. The molecule has 1 aliphatic heterocycles. The Morgan fingerprint density at radius 2 is 2.20 bits per heavy atom. The van der Waals surface area contributed by atoms with Crippen molar-refractivity contribution in [2.24, 2.45) is 7.05 Å². The van der Waals surface area contributed by atoms with Gasteiger partial charge in [-0.1, -0.05) is 0 Å². The summed E-state index contributed by atoms with van der Waals surface area (Å²) in [5, 5.41) is 9.78. The van der Waals surface area contributed by atoms with Gasteiger partial charge in [0.15, 0.2) is 11.9 Å². The number of aromatic nitrogens is 1. The molecule has 0 saturated carbocycles. The molecule has 6 nitrogen and oxygen atoms in total. The highest BCUT2D eigenvalue weighted by atomic mass is 16.5. The van der Waals surface area contributed by atoms with Gasteiger partial charge in [0.2, 0.25) is 17.4 Å². The van der Waals surface area contributed by atoms with Crippen molar-refractivity contribution in [2.75, 3.05) is 32.9 Å². The Kier molecular flexibility index (Phi) is 4.79. The number of nitrogens with zero attached hydrogens (tertiary/aromatic N) is 2. The average Bonchev–Trinajstić information content (AvgIpc) is 2.47. The van der Waals surface area contributed by atoms with Crippen LogP contribution >= 0.6 is 0 Å². The molecule has 1 aromatic rings. The molecule has 1 amide bonds. The van der Waals surface area contributed by atoms with Crippen LogP contribution in [0.4, 0.5) is 0 Å². The van der Waals surface area contributed by atoms with Gasteiger partial charge in [-0.25, -0.2) is 4.57 Å². The fourth-order valence-electron chi connectivity index (χ4n) is 2.11. The molecule has 1 aromatic heterocycles. The quantitative estimate of drug-likeness (QED) is 0.798. The highest BCUT2D eigenvalue weighted by Crippen LogP contribution is 2.26. The lowest BCUT2D eigenvalue weighted by molar-refractivity contribution is -0.678. The second-order valence-corrected chi connectivity index (χ2v) is 4.82. The fourth-order valence-corrected chi connectivity index (χ4v) is 2.11. The van der Waals surface area contributed by atoms with Gasteiger partial charge in [0.25, 0.3) is 0 Å². The molecule has 1 aliphatic rings. The summed E-state index contributed by atoms with van der Waals surface area (Å²) in [7, 11) is 1.88. The summed E-state index contributed by atoms with van der Waals surface area (Å²) >= 11 is 0. The van der Waals surface area contributed by atoms with Crippen LogP contribution < -0.4 is 9.30 Å². The Hall–Kier alpha value is -1.82. The van der Waals surface area contributed by atoms with Crippen molar-refractivity contribution in [3.8, 4) is 11.5 Å². The maximum absolute atomic E-state index is 11.9. The molecule has 2 heterocycles. The topological polar surface area (TPSA) is 62.9 Å². The van der Waals surface area contributed by atoms with Crippen LogP contribution in [0.3, 0.4) is 0 Å². The summed E-state index contributed by atoms with van der Waals surface area (Å²) in [6, 6.07) is 1.58. The van der Waals surface area contributed by atoms with Crippen molar-refractivity contribution in [1.29, 1.82) is 0 Å². The summed E-state index contributed by atoms with van der Waals surface area (Å²) < 4.78 is 12.6. The molecule has 0 radical (unpaired) electrons. The third-order valence-corrected chi connectivity index (χ3v) is 3.47. The van der Waals surface area contributed by atoms with Crippen LogP contribution in [-0.4, -0.2) is 48.8 Å². The Labute approximate surface area is 118 Å². The maximum atomic E-state index is 11.9. The van der Waals surface area contributed by atoms with Crippen molar-refractivity contribution in [1.82, 2.24) is 4.90 Å². The van der Waals surface area contributed by atoms with Crippen LogP contribution in [0.5, 0.6) is 11.5 Å². The normalized spacial score (nSPS) is 15.2. The predicted octanol–water partition coefficient (Wildman–Crippen LogP) is 0.153. The van der Waals surface area contributed by atoms with E-state index in [1.165, 1.54) is 0 Å². The molecule has 1 saturated heterocycles. The van der Waals surface area contributed by atoms with Crippen molar-refractivity contribution < 1.29 is 23.9 Å². The number of pyridine rings is 1. The molecule has 0 unspecified atom stereocenters. The third kappa shape index (κ3) is 3.39. The van der Waals surface area contributed by atoms with E-state index in [0.717, 1.165) is 5.69 Å². The van der Waals surface area contributed by atoms with E-state index in [1.54, 1.807) is 17.2 Å². The zero-order chi connectivity index (χ0) is 14.5. The van der Waals surface area contributed by atoms with Crippen LogP contribution in [0.15, 0.2) is 12.3 Å². The highest BCUT2D eigenvalue weighted by Gasteiger charge is 2.18. The van der Waals surface area contributed by atoms with E-state index in [4.69, 9.17) is 9.47 Å². The Bertz CT molecular complexity index is 484. The number of carbonyl (C=O) groups excluding carboxylic acids is 1. The van der Waals surface area contributed by atoms with E-state index >= 15 is 0 Å². The Morgan fingerprint density at radius 3 is 2.90 bits per heavy atom. The van der Waals surface area contributed by atoms with E-state index < -0.39 is 0 Å². The summed E-state index contributed by atoms with van der Waals surface area (Å²) in [6.45, 7) is 4.60. The highest BCUT2D eigenvalue weighted by molar-refractivity contribution is 5.76. The van der Waals surface area contributed by atoms with Gasteiger partial charge in [-0.15, -0.1) is 0 Å². The molecule has 0 atom stereocenters. The number of hydrogen-bond donors (Lipinski definition) is 1. The predicted molar refractivity (Wildman–Crippen MR) is 71.5 cm³/mol.